The normalized spacial score (nSPS) is 16.9. The van der Waals surface area contributed by atoms with Crippen LogP contribution in [-0.4, -0.2) is 30.4 Å². The molecule has 38 heavy (non-hydrogen) atoms. The third-order valence-electron chi connectivity index (χ3n) is 6.20. The molecule has 1 unspecified atom stereocenters. The van der Waals surface area contributed by atoms with E-state index in [0.29, 0.717) is 53.5 Å². The monoisotopic (exact) mass is 523 g/mol. The maximum absolute atomic E-state index is 13.6. The molecule has 3 amide bonds. The first-order chi connectivity index (χ1) is 18.2. The van der Waals surface area contributed by atoms with Crippen LogP contribution >= 0.6 is 0 Å². The number of alkyl halides is 3. The molecule has 1 radical (unpaired) electrons. The van der Waals surface area contributed by atoms with Crippen LogP contribution in [0.15, 0.2) is 54.1 Å². The molecule has 0 saturated carbocycles. The van der Waals surface area contributed by atoms with Gasteiger partial charge in [-0.3, -0.25) is 4.79 Å². The Hall–Kier alpha value is -4.55. The van der Waals surface area contributed by atoms with Crippen molar-refractivity contribution in [3.63, 3.8) is 0 Å². The summed E-state index contributed by atoms with van der Waals surface area (Å²) in [5.74, 6) is 1.00. The number of amides is 3. The molecule has 8 nitrogen and oxygen atoms in total. The lowest BCUT2D eigenvalue weighted by Gasteiger charge is -2.19. The highest BCUT2D eigenvalue weighted by atomic mass is 19.4. The molecule has 13 heteroatoms. The van der Waals surface area contributed by atoms with E-state index in [-0.39, 0.29) is 17.7 Å². The second-order valence-corrected chi connectivity index (χ2v) is 8.78. The first kappa shape index (κ1) is 23.8. The predicted octanol–water partition coefficient (Wildman–Crippen LogP) is 4.84. The number of anilines is 2. The second kappa shape index (κ2) is 8.79. The zero-order valence-electron chi connectivity index (χ0n) is 19.3. The average molecular weight is 523 g/mol. The molecule has 1 atom stereocenters. The molecule has 0 spiro atoms. The third-order valence-corrected chi connectivity index (χ3v) is 6.20. The van der Waals surface area contributed by atoms with E-state index >= 15 is 0 Å². The van der Waals surface area contributed by atoms with Gasteiger partial charge in [-0.25, -0.2) is 14.2 Å². The summed E-state index contributed by atoms with van der Waals surface area (Å²) in [6.07, 6.45) is -2.72. The number of nitrogens with zero attached hydrogens (tertiary/aromatic N) is 1. The minimum Gasteiger partial charge on any atom is -0.481 e. The number of aromatic nitrogens is 1. The summed E-state index contributed by atoms with van der Waals surface area (Å²) in [6.45, 7) is 0. The van der Waals surface area contributed by atoms with Gasteiger partial charge in [0.1, 0.15) is 35.0 Å². The average Bonchev–Trinajstić information content (AvgIpc) is 3.41. The lowest BCUT2D eigenvalue weighted by molar-refractivity contribution is -0.137. The molecule has 191 valence electrons. The van der Waals surface area contributed by atoms with Crippen LogP contribution in [0.5, 0.6) is 17.2 Å². The van der Waals surface area contributed by atoms with Gasteiger partial charge in [-0.2, -0.15) is 13.2 Å². The number of nitrogens with one attached hydrogen (secondary N) is 3. The largest absolute Gasteiger partial charge is 0.481 e. The molecule has 0 saturated heterocycles. The maximum Gasteiger partial charge on any atom is 0.416 e. The molecule has 1 aliphatic carbocycles. The molecule has 3 aromatic rings. The fourth-order valence-electron chi connectivity index (χ4n) is 4.42. The number of halogens is 4. The number of pyridine rings is 1. The zero-order valence-corrected chi connectivity index (χ0v) is 19.3. The fraction of sp³-hybridized carbons (Fsp3) is 0.160. The van der Waals surface area contributed by atoms with E-state index in [9.17, 15) is 27.2 Å². The lowest BCUT2D eigenvalue weighted by Crippen LogP contribution is -2.33. The van der Waals surface area contributed by atoms with Crippen molar-refractivity contribution in [1.29, 1.82) is 0 Å². The van der Waals surface area contributed by atoms with Gasteiger partial charge < -0.3 is 25.3 Å². The van der Waals surface area contributed by atoms with Gasteiger partial charge in [0, 0.05) is 35.0 Å². The van der Waals surface area contributed by atoms with Crippen LogP contribution in [0.1, 0.15) is 23.1 Å². The number of carbonyl (C=O) groups is 2. The van der Waals surface area contributed by atoms with E-state index in [0.717, 1.165) is 22.8 Å². The fourth-order valence-corrected chi connectivity index (χ4v) is 4.42. The minimum atomic E-state index is -4.75. The third kappa shape index (κ3) is 4.51. The second-order valence-electron chi connectivity index (χ2n) is 8.78. The Morgan fingerprint density at radius 3 is 2.82 bits per heavy atom. The standard InChI is InChI=1S/C25H16BF4N4O4/c27-12-7-11(25(28,29)30)8-13(9-12)32-24(36)34-26-21-20-16-10-14(1-3-17(16)38-22(20)21)37-18-5-6-31-23-15(18)2-4-19(35)33-23/h1,3,5-10,22H,2,4H2,(H,31,33,35)(H2,32,34,36). The highest BCUT2D eigenvalue weighted by Crippen LogP contribution is 2.53. The van der Waals surface area contributed by atoms with Gasteiger partial charge in [0.05, 0.1) is 5.56 Å². The molecule has 6 rings (SSSR count). The molecular weight excluding hydrogens is 507 g/mol. The van der Waals surface area contributed by atoms with Gasteiger partial charge in [0.25, 0.3) is 7.41 Å². The van der Waals surface area contributed by atoms with Crippen molar-refractivity contribution >= 4 is 36.4 Å². The number of hydrogen-bond donors (Lipinski definition) is 3. The Balaban J connectivity index is 1.13. The first-order valence-electron chi connectivity index (χ1n) is 11.4. The molecule has 3 N–H and O–H groups in total. The van der Waals surface area contributed by atoms with Crippen molar-refractivity contribution in [2.24, 2.45) is 0 Å². The van der Waals surface area contributed by atoms with Crippen molar-refractivity contribution < 1.29 is 36.6 Å². The van der Waals surface area contributed by atoms with Crippen molar-refractivity contribution in [2.75, 3.05) is 10.6 Å². The summed E-state index contributed by atoms with van der Waals surface area (Å²) in [7, 11) is 1.39. The summed E-state index contributed by atoms with van der Waals surface area (Å²) >= 11 is 0. The quantitative estimate of drug-likeness (QED) is 0.328. The molecule has 1 aromatic heterocycles. The highest BCUT2D eigenvalue weighted by molar-refractivity contribution is 6.53. The highest BCUT2D eigenvalue weighted by Gasteiger charge is 2.46. The summed E-state index contributed by atoms with van der Waals surface area (Å²) in [4.78, 5) is 28.0. The van der Waals surface area contributed by atoms with E-state index in [1.807, 2.05) is 0 Å². The summed E-state index contributed by atoms with van der Waals surface area (Å²) < 4.78 is 64.2. The number of rotatable bonds is 5. The predicted molar refractivity (Wildman–Crippen MR) is 128 cm³/mol. The lowest BCUT2D eigenvalue weighted by atomic mass is 9.89. The van der Waals surface area contributed by atoms with Crippen LogP contribution < -0.4 is 25.3 Å². The zero-order chi connectivity index (χ0) is 26.6. The van der Waals surface area contributed by atoms with Crippen LogP contribution in [-0.2, 0) is 17.4 Å². The Bertz CT molecular complexity index is 1540. The molecule has 2 aromatic carbocycles. The molecule has 3 aliphatic rings. The van der Waals surface area contributed by atoms with Gasteiger partial charge in [0.2, 0.25) is 5.91 Å². The van der Waals surface area contributed by atoms with E-state index in [2.05, 4.69) is 20.8 Å². The smallest absolute Gasteiger partial charge is 0.416 e. The van der Waals surface area contributed by atoms with E-state index in [1.54, 1.807) is 30.5 Å². The van der Waals surface area contributed by atoms with E-state index in [1.165, 1.54) is 7.41 Å². The Morgan fingerprint density at radius 1 is 1.16 bits per heavy atom. The van der Waals surface area contributed by atoms with Crippen LogP contribution in [0, 0.1) is 5.82 Å². The van der Waals surface area contributed by atoms with Gasteiger partial charge in [-0.15, -0.1) is 0 Å². The Labute approximate surface area is 213 Å². The van der Waals surface area contributed by atoms with Crippen molar-refractivity contribution in [2.45, 2.75) is 25.1 Å². The van der Waals surface area contributed by atoms with Gasteiger partial charge in [-0.1, -0.05) is 0 Å². The topological polar surface area (TPSA) is 102 Å². The maximum atomic E-state index is 13.6. The molecule has 0 fully saturated rings. The SMILES string of the molecule is O=C1CCc2c(Oc3ccc4c(c3)C3=C([B]NC(=O)Nc5cc(F)cc(C(F)(F)F)c5)C3O4)ccnc2N1. The van der Waals surface area contributed by atoms with Gasteiger partial charge in [-0.05, 0) is 54.4 Å². The van der Waals surface area contributed by atoms with Gasteiger partial charge in [0.15, 0.2) is 0 Å². The molecular formula is C25H16BF4N4O4. The number of carbonyl (C=O) groups excluding carboxylic acids is 2. The number of ether oxygens (including phenoxy) is 2. The minimum absolute atomic E-state index is 0.100. The van der Waals surface area contributed by atoms with Crippen molar-refractivity contribution in [3.8, 4) is 17.2 Å². The molecule has 2 aliphatic heterocycles. The van der Waals surface area contributed by atoms with Crippen LogP contribution in [0.3, 0.4) is 0 Å². The van der Waals surface area contributed by atoms with Crippen LogP contribution in [0.2, 0.25) is 0 Å². The summed E-state index contributed by atoms with van der Waals surface area (Å²) in [5.41, 5.74) is 1.55. The Kier molecular flexibility index (Phi) is 5.51. The van der Waals surface area contributed by atoms with Crippen LogP contribution in [0.25, 0.3) is 5.57 Å². The summed E-state index contributed by atoms with van der Waals surface area (Å²) in [5, 5.41) is 7.35. The number of fused-ring (bicyclic) bond motifs is 4. The van der Waals surface area contributed by atoms with E-state index < -0.39 is 23.6 Å². The first-order valence-corrected chi connectivity index (χ1v) is 11.4. The van der Waals surface area contributed by atoms with Crippen molar-refractivity contribution in [1.82, 2.24) is 10.2 Å². The van der Waals surface area contributed by atoms with Crippen LogP contribution in [0.4, 0.5) is 33.9 Å². The molecule has 3 heterocycles. The number of benzene rings is 2. The van der Waals surface area contributed by atoms with E-state index in [4.69, 9.17) is 9.47 Å². The number of urea groups is 1. The molecule has 0 bridgehead atoms. The summed E-state index contributed by atoms with van der Waals surface area (Å²) in [6, 6.07) is 7.97. The Morgan fingerprint density at radius 2 is 2.00 bits per heavy atom. The number of hydrogen-bond acceptors (Lipinski definition) is 5. The van der Waals surface area contributed by atoms with Gasteiger partial charge >= 0.3 is 12.2 Å². The van der Waals surface area contributed by atoms with Crippen molar-refractivity contribution in [3.05, 3.63) is 76.6 Å².